The van der Waals surface area contributed by atoms with Crippen LogP contribution in [0.25, 0.3) is 0 Å². The van der Waals surface area contributed by atoms with Gasteiger partial charge in [0, 0.05) is 10.6 Å². The quantitative estimate of drug-likeness (QED) is 0.653. The van der Waals surface area contributed by atoms with Crippen molar-refractivity contribution in [3.63, 3.8) is 0 Å². The zero-order valence-corrected chi connectivity index (χ0v) is 16.6. The number of carbonyl (C=O) groups is 2. The highest BCUT2D eigenvalue weighted by molar-refractivity contribution is 6.30. The molecule has 0 saturated heterocycles. The Bertz CT molecular complexity index is 1100. The number of hydrogen-bond donors (Lipinski definition) is 2. The number of amides is 2. The minimum Gasteiger partial charge on any atom is -0.507 e. The molecule has 6 nitrogen and oxygen atoms in total. The van der Waals surface area contributed by atoms with Crippen LogP contribution < -0.4 is 10.5 Å². The van der Waals surface area contributed by atoms with Crippen molar-refractivity contribution < 1.29 is 19.4 Å². The molecule has 0 aliphatic carbocycles. The number of rotatable bonds is 5. The molecular formula is C23H19ClN2O4. The number of hydrogen-bond acceptors (Lipinski definition) is 4. The Labute approximate surface area is 178 Å². The third kappa shape index (κ3) is 3.57. The van der Waals surface area contributed by atoms with Crippen LogP contribution >= 0.6 is 11.6 Å². The van der Waals surface area contributed by atoms with Gasteiger partial charge in [0.15, 0.2) is 0 Å². The van der Waals surface area contributed by atoms with E-state index in [1.807, 2.05) is 6.07 Å². The fourth-order valence-electron chi connectivity index (χ4n) is 3.73. The van der Waals surface area contributed by atoms with E-state index in [1.54, 1.807) is 54.6 Å². The minimum atomic E-state index is -1.07. The smallest absolute Gasteiger partial charge is 0.259 e. The molecule has 3 aromatic carbocycles. The summed E-state index contributed by atoms with van der Waals surface area (Å²) in [6.07, 6.45) is 0. The normalized spacial score (nSPS) is 15.7. The molecule has 1 aliphatic rings. The molecule has 3 aromatic rings. The number of nitrogens with zero attached hydrogens (tertiary/aromatic N) is 1. The summed E-state index contributed by atoms with van der Waals surface area (Å²) >= 11 is 6.18. The number of halogens is 1. The molecule has 2 atom stereocenters. The summed E-state index contributed by atoms with van der Waals surface area (Å²) in [7, 11) is 0. The number of fused-ring (bicyclic) bond motifs is 1. The Kier molecular flexibility index (Phi) is 5.33. The van der Waals surface area contributed by atoms with Gasteiger partial charge in [0.25, 0.3) is 5.91 Å². The molecule has 0 unspecified atom stereocenters. The number of benzene rings is 3. The SMILES string of the molecule is NC(=O)[C@@H](c1ccccc1)N(C(=O)c1ccccc1O)[C@@H]1COc2ccc(Cl)cc21. The Morgan fingerprint density at radius 3 is 2.47 bits per heavy atom. The van der Waals surface area contributed by atoms with Gasteiger partial charge in [0.05, 0.1) is 11.6 Å². The summed E-state index contributed by atoms with van der Waals surface area (Å²) in [5.74, 6) is -0.840. The average molecular weight is 423 g/mol. The zero-order valence-electron chi connectivity index (χ0n) is 15.9. The molecule has 30 heavy (non-hydrogen) atoms. The first-order valence-electron chi connectivity index (χ1n) is 9.34. The number of phenolic OH excluding ortho intramolecular Hbond substituents is 1. The number of ether oxygens (including phenoxy) is 1. The average Bonchev–Trinajstić information content (AvgIpc) is 3.14. The largest absolute Gasteiger partial charge is 0.507 e. The van der Waals surface area contributed by atoms with Crippen molar-refractivity contribution in [2.45, 2.75) is 12.1 Å². The van der Waals surface area contributed by atoms with Crippen molar-refractivity contribution >= 4 is 23.4 Å². The molecular weight excluding hydrogens is 404 g/mol. The number of aromatic hydroxyl groups is 1. The van der Waals surface area contributed by atoms with Crippen LogP contribution in [0, 0.1) is 0 Å². The van der Waals surface area contributed by atoms with Crippen molar-refractivity contribution in [1.29, 1.82) is 0 Å². The second kappa shape index (κ2) is 8.08. The summed E-state index contributed by atoms with van der Waals surface area (Å²) in [6, 6.07) is 18.4. The van der Waals surface area contributed by atoms with Gasteiger partial charge in [-0.2, -0.15) is 0 Å². The standard InChI is InChI=1S/C23H19ClN2O4/c24-15-10-11-20-17(12-15)18(13-30-20)26(23(29)16-8-4-5-9-19(16)27)21(22(25)28)14-6-2-1-3-7-14/h1-12,18,21,27H,13H2,(H2,25,28)/t18-,21-/m1/s1. The van der Waals surface area contributed by atoms with Crippen LogP contribution in [-0.2, 0) is 4.79 Å². The molecule has 3 N–H and O–H groups in total. The van der Waals surface area contributed by atoms with Crippen molar-refractivity contribution in [2.24, 2.45) is 5.73 Å². The Morgan fingerprint density at radius 2 is 1.77 bits per heavy atom. The van der Waals surface area contributed by atoms with E-state index in [-0.39, 0.29) is 17.9 Å². The first kappa shape index (κ1) is 19.8. The summed E-state index contributed by atoms with van der Waals surface area (Å²) in [5, 5.41) is 10.8. The number of primary amides is 1. The third-order valence-corrected chi connectivity index (χ3v) is 5.33. The predicted molar refractivity (Wildman–Crippen MR) is 112 cm³/mol. The van der Waals surface area contributed by atoms with Gasteiger partial charge < -0.3 is 20.5 Å². The maximum Gasteiger partial charge on any atom is 0.259 e. The zero-order chi connectivity index (χ0) is 21.3. The summed E-state index contributed by atoms with van der Waals surface area (Å²) in [5.41, 5.74) is 7.08. The first-order chi connectivity index (χ1) is 14.5. The molecule has 0 fully saturated rings. The van der Waals surface area contributed by atoms with Crippen molar-refractivity contribution in [1.82, 2.24) is 4.90 Å². The number of phenols is 1. The van der Waals surface area contributed by atoms with E-state index < -0.39 is 23.9 Å². The maximum absolute atomic E-state index is 13.6. The van der Waals surface area contributed by atoms with Gasteiger partial charge in [-0.15, -0.1) is 0 Å². The molecule has 0 spiro atoms. The molecule has 152 valence electrons. The van der Waals surface area contributed by atoms with E-state index in [9.17, 15) is 14.7 Å². The lowest BCUT2D eigenvalue weighted by molar-refractivity contribution is -0.123. The van der Waals surface area contributed by atoms with Gasteiger partial charge in [-0.1, -0.05) is 54.1 Å². The summed E-state index contributed by atoms with van der Waals surface area (Å²) in [6.45, 7) is 0.131. The molecule has 2 amide bonds. The highest BCUT2D eigenvalue weighted by Gasteiger charge is 2.41. The van der Waals surface area contributed by atoms with Crippen molar-refractivity contribution in [2.75, 3.05) is 6.61 Å². The topological polar surface area (TPSA) is 92.9 Å². The van der Waals surface area contributed by atoms with Gasteiger partial charge in [0.1, 0.15) is 24.1 Å². The molecule has 1 heterocycles. The number of para-hydroxylation sites is 1. The first-order valence-corrected chi connectivity index (χ1v) is 9.72. The lowest BCUT2D eigenvalue weighted by Gasteiger charge is -2.34. The van der Waals surface area contributed by atoms with E-state index in [0.717, 1.165) is 0 Å². The van der Waals surface area contributed by atoms with Gasteiger partial charge in [-0.3, -0.25) is 9.59 Å². The molecule has 0 bridgehead atoms. The van der Waals surface area contributed by atoms with Crippen LogP contribution in [0.4, 0.5) is 0 Å². The van der Waals surface area contributed by atoms with E-state index in [2.05, 4.69) is 0 Å². The van der Waals surface area contributed by atoms with Crippen LogP contribution in [0.15, 0.2) is 72.8 Å². The lowest BCUT2D eigenvalue weighted by Crippen LogP contribution is -2.44. The molecule has 7 heteroatoms. The maximum atomic E-state index is 13.6. The molecule has 0 aromatic heterocycles. The van der Waals surface area contributed by atoms with E-state index in [1.165, 1.54) is 17.0 Å². The predicted octanol–water partition coefficient (Wildman–Crippen LogP) is 3.85. The highest BCUT2D eigenvalue weighted by atomic mass is 35.5. The Morgan fingerprint density at radius 1 is 1.07 bits per heavy atom. The van der Waals surface area contributed by atoms with Gasteiger partial charge in [-0.25, -0.2) is 0 Å². The van der Waals surface area contributed by atoms with E-state index in [0.29, 0.717) is 21.9 Å². The Balaban J connectivity index is 1.88. The van der Waals surface area contributed by atoms with Crippen molar-refractivity contribution in [3.8, 4) is 11.5 Å². The lowest BCUT2D eigenvalue weighted by atomic mass is 9.98. The van der Waals surface area contributed by atoms with Crippen LogP contribution in [-0.4, -0.2) is 28.4 Å². The monoisotopic (exact) mass is 422 g/mol. The molecule has 4 rings (SSSR count). The second-order valence-corrected chi connectivity index (χ2v) is 7.39. The van der Waals surface area contributed by atoms with Crippen LogP contribution in [0.5, 0.6) is 11.5 Å². The van der Waals surface area contributed by atoms with E-state index >= 15 is 0 Å². The fraction of sp³-hybridized carbons (Fsp3) is 0.130. The van der Waals surface area contributed by atoms with Crippen LogP contribution in [0.3, 0.4) is 0 Å². The number of carbonyl (C=O) groups excluding carboxylic acids is 2. The van der Waals surface area contributed by atoms with Gasteiger partial charge in [-0.05, 0) is 35.9 Å². The fourth-order valence-corrected chi connectivity index (χ4v) is 3.91. The summed E-state index contributed by atoms with van der Waals surface area (Å²) < 4.78 is 5.76. The summed E-state index contributed by atoms with van der Waals surface area (Å²) in [4.78, 5) is 27.6. The number of nitrogens with two attached hydrogens (primary N) is 1. The van der Waals surface area contributed by atoms with Crippen LogP contribution in [0.2, 0.25) is 5.02 Å². The van der Waals surface area contributed by atoms with Gasteiger partial charge >= 0.3 is 0 Å². The second-order valence-electron chi connectivity index (χ2n) is 6.95. The molecule has 1 aliphatic heterocycles. The molecule has 0 saturated carbocycles. The van der Waals surface area contributed by atoms with E-state index in [4.69, 9.17) is 22.1 Å². The Hall–Kier alpha value is -3.51. The van der Waals surface area contributed by atoms with Gasteiger partial charge in [0.2, 0.25) is 5.91 Å². The highest BCUT2D eigenvalue weighted by Crippen LogP contribution is 2.42. The molecule has 0 radical (unpaired) electrons. The third-order valence-electron chi connectivity index (χ3n) is 5.10. The van der Waals surface area contributed by atoms with Crippen molar-refractivity contribution in [3.05, 3.63) is 94.5 Å². The minimum absolute atomic E-state index is 0.0650. The van der Waals surface area contributed by atoms with Crippen LogP contribution in [0.1, 0.15) is 33.6 Å².